The van der Waals surface area contributed by atoms with Gasteiger partial charge < -0.3 is 10.3 Å². The summed E-state index contributed by atoms with van der Waals surface area (Å²) in [6.45, 7) is 5.00. The smallest absolute Gasteiger partial charge is 0.259 e. The zero-order chi connectivity index (χ0) is 19.0. The normalized spacial score (nSPS) is 17.8. The predicted molar refractivity (Wildman–Crippen MR) is 108 cm³/mol. The minimum Gasteiger partial charge on any atom is -0.309 e. The summed E-state index contributed by atoms with van der Waals surface area (Å²) >= 11 is 1.68. The first-order valence-electron chi connectivity index (χ1n) is 9.53. The van der Waals surface area contributed by atoms with E-state index in [1.807, 2.05) is 6.92 Å². The molecule has 2 N–H and O–H groups in total. The lowest BCUT2D eigenvalue weighted by molar-refractivity contribution is 0.509. The molecule has 1 aliphatic carbocycles. The predicted octanol–water partition coefficient (Wildman–Crippen LogP) is 4.14. The van der Waals surface area contributed by atoms with Gasteiger partial charge in [-0.15, -0.1) is 11.3 Å². The van der Waals surface area contributed by atoms with Gasteiger partial charge in [0.2, 0.25) is 0 Å². The molecule has 3 aromatic rings. The molecule has 2 atom stereocenters. The minimum absolute atomic E-state index is 0.0192. The molecule has 6 heteroatoms. The fraction of sp³-hybridized carbons (Fsp3) is 0.429. The third-order valence-electron chi connectivity index (χ3n) is 5.37. The lowest BCUT2D eigenvalue weighted by Crippen LogP contribution is -2.25. The summed E-state index contributed by atoms with van der Waals surface area (Å²) in [7, 11) is 0. The number of fused-ring (bicyclic) bond motifs is 3. The Morgan fingerprint density at radius 1 is 1.37 bits per heavy atom. The molecule has 0 saturated carbocycles. The summed E-state index contributed by atoms with van der Waals surface area (Å²) < 4.78 is 13.0. The second-order valence-corrected chi connectivity index (χ2v) is 8.62. The van der Waals surface area contributed by atoms with E-state index in [-0.39, 0.29) is 17.4 Å². The average molecular weight is 386 g/mol. The summed E-state index contributed by atoms with van der Waals surface area (Å²) in [4.78, 5) is 22.6. The highest BCUT2D eigenvalue weighted by molar-refractivity contribution is 7.18. The van der Waals surface area contributed by atoms with E-state index in [4.69, 9.17) is 4.98 Å². The molecule has 4 nitrogen and oxygen atoms in total. The molecule has 2 heterocycles. The largest absolute Gasteiger partial charge is 0.309 e. The van der Waals surface area contributed by atoms with E-state index in [0.29, 0.717) is 11.7 Å². The van der Waals surface area contributed by atoms with Gasteiger partial charge >= 0.3 is 0 Å². The van der Waals surface area contributed by atoms with Gasteiger partial charge in [0.25, 0.3) is 5.56 Å². The molecule has 0 fully saturated rings. The first-order chi connectivity index (χ1) is 13.0. The van der Waals surface area contributed by atoms with Gasteiger partial charge in [0, 0.05) is 4.88 Å². The van der Waals surface area contributed by atoms with Crippen LogP contribution in [0.5, 0.6) is 0 Å². The van der Waals surface area contributed by atoms with Gasteiger partial charge in [0.15, 0.2) is 0 Å². The highest BCUT2D eigenvalue weighted by atomic mass is 32.1. The Morgan fingerprint density at radius 3 is 2.93 bits per heavy atom. The number of rotatable bonds is 5. The topological polar surface area (TPSA) is 57.8 Å². The molecule has 4 rings (SSSR count). The Morgan fingerprint density at radius 2 is 2.15 bits per heavy atom. The molecule has 0 radical (unpaired) electrons. The van der Waals surface area contributed by atoms with Gasteiger partial charge in [-0.05, 0) is 68.3 Å². The lowest BCUT2D eigenvalue weighted by atomic mass is 9.89. The minimum atomic E-state index is -0.219. The Bertz CT molecular complexity index is 1010. The summed E-state index contributed by atoms with van der Waals surface area (Å²) in [6.07, 6.45) is 3.96. The Kier molecular flexibility index (Phi) is 5.10. The van der Waals surface area contributed by atoms with Crippen LogP contribution in [0.4, 0.5) is 4.39 Å². The number of hydrogen-bond acceptors (Lipinski definition) is 4. The fourth-order valence-electron chi connectivity index (χ4n) is 3.75. The molecule has 0 amide bonds. The van der Waals surface area contributed by atoms with Crippen LogP contribution in [0.1, 0.15) is 48.1 Å². The summed E-state index contributed by atoms with van der Waals surface area (Å²) in [5.41, 5.74) is 2.27. The van der Waals surface area contributed by atoms with Crippen molar-refractivity contribution in [2.24, 2.45) is 5.92 Å². The van der Waals surface area contributed by atoms with Crippen LogP contribution in [0, 0.1) is 11.7 Å². The van der Waals surface area contributed by atoms with E-state index >= 15 is 0 Å². The summed E-state index contributed by atoms with van der Waals surface area (Å²) in [5.74, 6) is 1.14. The first-order valence-corrected chi connectivity index (χ1v) is 10.3. The van der Waals surface area contributed by atoms with Crippen LogP contribution in [-0.2, 0) is 19.3 Å². The van der Waals surface area contributed by atoms with Gasteiger partial charge in [-0.1, -0.05) is 19.1 Å². The van der Waals surface area contributed by atoms with Crippen LogP contribution < -0.4 is 10.9 Å². The SMILES string of the molecule is C[C@H]1CCc2c(sc3nc([C@@H](C)NCCc4ccc(F)cc4)[nH]c(=O)c23)C1. The van der Waals surface area contributed by atoms with E-state index in [0.717, 1.165) is 48.0 Å². The maximum atomic E-state index is 13.0. The molecule has 0 spiro atoms. The van der Waals surface area contributed by atoms with Crippen LogP contribution in [0.25, 0.3) is 10.2 Å². The number of aryl methyl sites for hydroxylation is 1. The second-order valence-electron chi connectivity index (χ2n) is 7.54. The molecule has 0 unspecified atom stereocenters. The van der Waals surface area contributed by atoms with Gasteiger partial charge in [0.05, 0.1) is 11.4 Å². The number of nitrogens with zero attached hydrogens (tertiary/aromatic N) is 1. The van der Waals surface area contributed by atoms with Crippen molar-refractivity contribution in [3.05, 3.63) is 62.3 Å². The molecule has 2 aromatic heterocycles. The Hall–Kier alpha value is -2.05. The molecular weight excluding hydrogens is 361 g/mol. The van der Waals surface area contributed by atoms with Crippen molar-refractivity contribution in [2.45, 2.75) is 45.6 Å². The average Bonchev–Trinajstić information content (AvgIpc) is 3.01. The molecule has 0 aliphatic heterocycles. The number of hydrogen-bond donors (Lipinski definition) is 2. The number of nitrogens with one attached hydrogen (secondary N) is 2. The number of aromatic nitrogens is 2. The highest BCUT2D eigenvalue weighted by Gasteiger charge is 2.23. The maximum Gasteiger partial charge on any atom is 0.259 e. The molecule has 1 aromatic carbocycles. The molecule has 1 aliphatic rings. The van der Waals surface area contributed by atoms with Crippen molar-refractivity contribution in [3.63, 3.8) is 0 Å². The van der Waals surface area contributed by atoms with E-state index in [1.165, 1.54) is 22.6 Å². The van der Waals surface area contributed by atoms with Crippen LogP contribution in [0.2, 0.25) is 0 Å². The van der Waals surface area contributed by atoms with Crippen LogP contribution in [0.15, 0.2) is 29.1 Å². The van der Waals surface area contributed by atoms with Gasteiger partial charge in [0.1, 0.15) is 16.5 Å². The lowest BCUT2D eigenvalue weighted by Gasteiger charge is -2.17. The fourth-order valence-corrected chi connectivity index (χ4v) is 5.14. The molecule has 27 heavy (non-hydrogen) atoms. The Balaban J connectivity index is 1.49. The monoisotopic (exact) mass is 385 g/mol. The van der Waals surface area contributed by atoms with Crippen LogP contribution >= 0.6 is 11.3 Å². The van der Waals surface area contributed by atoms with E-state index in [1.54, 1.807) is 23.5 Å². The van der Waals surface area contributed by atoms with Crippen LogP contribution in [0.3, 0.4) is 0 Å². The summed E-state index contributed by atoms with van der Waals surface area (Å²) in [6, 6.07) is 6.49. The molecular formula is C21H24FN3OS. The standard InChI is InChI=1S/C21H24FN3OS/c1-12-3-8-16-17(11-12)27-21-18(16)20(26)24-19(25-21)13(2)23-10-9-14-4-6-15(22)7-5-14/h4-7,12-13,23H,3,8-11H2,1-2H3,(H,24,25,26)/t12-,13+/m0/s1. The number of aromatic amines is 1. The third kappa shape index (κ3) is 3.82. The second kappa shape index (κ2) is 7.52. The Labute approximate surface area is 161 Å². The van der Waals surface area contributed by atoms with E-state index < -0.39 is 0 Å². The van der Waals surface area contributed by atoms with E-state index in [2.05, 4.69) is 17.2 Å². The number of H-pyrrole nitrogens is 1. The number of halogens is 1. The highest BCUT2D eigenvalue weighted by Crippen LogP contribution is 2.35. The van der Waals surface area contributed by atoms with Crippen molar-refractivity contribution in [3.8, 4) is 0 Å². The van der Waals surface area contributed by atoms with E-state index in [9.17, 15) is 9.18 Å². The van der Waals surface area contributed by atoms with Crippen LogP contribution in [-0.4, -0.2) is 16.5 Å². The third-order valence-corrected chi connectivity index (χ3v) is 6.52. The first kappa shape index (κ1) is 18.3. The van der Waals surface area contributed by atoms with Gasteiger partial charge in [-0.2, -0.15) is 0 Å². The van der Waals surface area contributed by atoms with Crippen molar-refractivity contribution in [2.75, 3.05) is 6.54 Å². The summed E-state index contributed by atoms with van der Waals surface area (Å²) in [5, 5.41) is 4.20. The van der Waals surface area contributed by atoms with Crippen molar-refractivity contribution in [1.82, 2.24) is 15.3 Å². The van der Waals surface area contributed by atoms with Crippen molar-refractivity contribution < 1.29 is 4.39 Å². The number of thiophene rings is 1. The molecule has 0 saturated heterocycles. The zero-order valence-electron chi connectivity index (χ0n) is 15.6. The zero-order valence-corrected chi connectivity index (χ0v) is 16.5. The maximum absolute atomic E-state index is 13.0. The van der Waals surface area contributed by atoms with Gasteiger partial charge in [-0.3, -0.25) is 4.79 Å². The van der Waals surface area contributed by atoms with Gasteiger partial charge in [-0.25, -0.2) is 9.37 Å². The van der Waals surface area contributed by atoms with Crippen molar-refractivity contribution in [1.29, 1.82) is 0 Å². The quantitative estimate of drug-likeness (QED) is 0.694. The molecule has 0 bridgehead atoms. The molecule has 142 valence electrons. The number of benzene rings is 1. The van der Waals surface area contributed by atoms with Crippen molar-refractivity contribution >= 4 is 21.6 Å².